The number of unbranched alkanes of at least 4 members (excludes halogenated alkanes) is 1. The number of aliphatic imine (C=N–C) groups is 1. The predicted octanol–water partition coefficient (Wildman–Crippen LogP) is -6.60. The molecule has 0 rings (SSSR count). The molecule has 16 N–H and O–H groups in total. The number of amides is 6. The van der Waals surface area contributed by atoms with E-state index in [0.29, 0.717) is 19.4 Å². The van der Waals surface area contributed by atoms with Crippen molar-refractivity contribution in [1.82, 2.24) is 31.9 Å². The smallest absolute Gasteiger partial charge is 0.326 e. The number of carboxylic acids is 1. The average molecular weight is 632 g/mol. The first-order chi connectivity index (χ1) is 20.7. The van der Waals surface area contributed by atoms with E-state index >= 15 is 0 Å². The molecule has 44 heavy (non-hydrogen) atoms. The van der Waals surface area contributed by atoms with E-state index in [0.717, 1.165) is 0 Å². The fraction of sp³-hybridized carbons (Fsp3) is 0.667. The number of carbonyl (C=O) groups is 7. The fourth-order valence-corrected chi connectivity index (χ4v) is 3.36. The molecule has 0 heterocycles. The Kier molecular flexibility index (Phi) is 19.8. The quantitative estimate of drug-likeness (QED) is 0.0301. The molecule has 0 saturated carbocycles. The van der Waals surface area contributed by atoms with Crippen LogP contribution >= 0.6 is 0 Å². The van der Waals surface area contributed by atoms with Crippen LogP contribution in [-0.2, 0) is 33.6 Å². The lowest BCUT2D eigenvalue weighted by Crippen LogP contribution is -2.55. The third-order valence-electron chi connectivity index (χ3n) is 5.69. The van der Waals surface area contributed by atoms with Gasteiger partial charge in [-0.25, -0.2) is 4.79 Å². The molecule has 0 bridgehead atoms. The molecule has 0 unspecified atom stereocenters. The highest BCUT2D eigenvalue weighted by Gasteiger charge is 2.25. The van der Waals surface area contributed by atoms with Crippen LogP contribution in [0, 0.1) is 0 Å². The summed E-state index contributed by atoms with van der Waals surface area (Å²) in [5.41, 5.74) is 21.3. The summed E-state index contributed by atoms with van der Waals surface area (Å²) >= 11 is 0. The molecule has 0 aliphatic carbocycles. The van der Waals surface area contributed by atoms with Gasteiger partial charge in [-0.3, -0.25) is 33.8 Å². The zero-order chi connectivity index (χ0) is 33.7. The van der Waals surface area contributed by atoms with Crippen LogP contribution in [0.4, 0.5) is 0 Å². The van der Waals surface area contributed by atoms with Crippen molar-refractivity contribution in [3.8, 4) is 0 Å². The maximum absolute atomic E-state index is 12.7. The molecule has 250 valence electrons. The summed E-state index contributed by atoms with van der Waals surface area (Å²) in [6.45, 7) is -0.690. The van der Waals surface area contributed by atoms with Gasteiger partial charge < -0.3 is 65.0 Å². The number of aliphatic hydroxyl groups excluding tert-OH is 1. The van der Waals surface area contributed by atoms with Crippen molar-refractivity contribution in [3.05, 3.63) is 0 Å². The lowest BCUT2D eigenvalue weighted by Gasteiger charge is -2.20. The summed E-state index contributed by atoms with van der Waals surface area (Å²) < 4.78 is 0. The Morgan fingerprint density at radius 2 is 1.16 bits per heavy atom. The number of aliphatic hydroxyl groups is 1. The molecule has 0 spiro atoms. The van der Waals surface area contributed by atoms with Crippen LogP contribution in [0.25, 0.3) is 0 Å². The maximum atomic E-state index is 12.7. The summed E-state index contributed by atoms with van der Waals surface area (Å²) in [5, 5.41) is 32.4. The first kappa shape index (κ1) is 39.4. The SMILES string of the molecule is C[C@H](N)C(=O)NCC(=O)N[C@@H](CCCN=C(N)N)C(=O)NCC(=O)N[C@@H](CO)C(=O)NCC(=O)N[C@@H](CCCCN)C(=O)O. The van der Waals surface area contributed by atoms with Crippen molar-refractivity contribution in [3.63, 3.8) is 0 Å². The molecule has 0 aromatic heterocycles. The van der Waals surface area contributed by atoms with Gasteiger partial charge in [0.1, 0.15) is 18.1 Å². The number of hydrogen-bond donors (Lipinski definition) is 12. The van der Waals surface area contributed by atoms with Crippen LogP contribution in [0.2, 0.25) is 0 Å². The molecule has 0 aromatic carbocycles. The Balaban J connectivity index is 4.97. The van der Waals surface area contributed by atoms with Gasteiger partial charge >= 0.3 is 5.97 Å². The lowest BCUT2D eigenvalue weighted by atomic mass is 10.1. The molecule has 20 nitrogen and oxygen atoms in total. The van der Waals surface area contributed by atoms with Crippen molar-refractivity contribution in [2.45, 2.75) is 63.2 Å². The van der Waals surface area contributed by atoms with Crippen molar-refractivity contribution in [1.29, 1.82) is 0 Å². The summed E-state index contributed by atoms with van der Waals surface area (Å²) in [6, 6.07) is -4.70. The average Bonchev–Trinajstić information content (AvgIpc) is 2.96. The zero-order valence-corrected chi connectivity index (χ0v) is 24.6. The molecule has 0 fully saturated rings. The second-order valence-electron chi connectivity index (χ2n) is 9.56. The third-order valence-corrected chi connectivity index (χ3v) is 5.69. The van der Waals surface area contributed by atoms with E-state index in [4.69, 9.17) is 22.9 Å². The second kappa shape index (κ2) is 22.0. The minimum atomic E-state index is -1.50. The van der Waals surface area contributed by atoms with Crippen molar-refractivity contribution >= 4 is 47.4 Å². The van der Waals surface area contributed by atoms with Crippen LogP contribution in [0.15, 0.2) is 4.99 Å². The van der Waals surface area contributed by atoms with Crippen molar-refractivity contribution in [2.24, 2.45) is 27.9 Å². The molecule has 0 aliphatic heterocycles. The standard InChI is InChI=1S/C24H45N11O9/c1-13(26)20(40)30-9-17(37)33-14(6-4-8-29-24(27)28)21(41)31-11-19(39)35-16(12-36)22(42)32-10-18(38)34-15(23(43)44)5-2-3-7-25/h13-16,36H,2-12,25-26H2,1H3,(H,30,40)(H,31,41)(H,32,42)(H,33,37)(H,34,38)(H,35,39)(H,43,44)(H4,27,28,29)/t13-,14-,15-,16-/m0/s1. The molecule has 0 aliphatic rings. The number of hydrogen-bond acceptors (Lipinski definition) is 11. The number of carbonyl (C=O) groups excluding carboxylic acids is 6. The van der Waals surface area contributed by atoms with Crippen LogP contribution in [0.3, 0.4) is 0 Å². The number of nitrogens with two attached hydrogens (primary N) is 4. The monoisotopic (exact) mass is 631 g/mol. The highest BCUT2D eigenvalue weighted by Crippen LogP contribution is 2.01. The molecule has 6 amide bonds. The minimum Gasteiger partial charge on any atom is -0.480 e. The highest BCUT2D eigenvalue weighted by atomic mass is 16.4. The highest BCUT2D eigenvalue weighted by molar-refractivity contribution is 5.94. The van der Waals surface area contributed by atoms with Crippen LogP contribution in [0.5, 0.6) is 0 Å². The number of rotatable bonds is 22. The summed E-state index contributed by atoms with van der Waals surface area (Å²) in [4.78, 5) is 88.5. The zero-order valence-electron chi connectivity index (χ0n) is 24.6. The normalized spacial score (nSPS) is 13.2. The Labute approximate surface area is 253 Å². The van der Waals surface area contributed by atoms with Crippen molar-refractivity contribution < 1.29 is 43.8 Å². The van der Waals surface area contributed by atoms with E-state index in [-0.39, 0.29) is 31.8 Å². The van der Waals surface area contributed by atoms with Crippen LogP contribution < -0.4 is 54.8 Å². The maximum Gasteiger partial charge on any atom is 0.326 e. The van der Waals surface area contributed by atoms with E-state index in [9.17, 15) is 43.8 Å². The predicted molar refractivity (Wildman–Crippen MR) is 156 cm³/mol. The van der Waals surface area contributed by atoms with Gasteiger partial charge in [-0.2, -0.15) is 0 Å². The molecular formula is C24H45N11O9. The van der Waals surface area contributed by atoms with Crippen molar-refractivity contribution in [2.75, 3.05) is 39.3 Å². The number of carboxylic acid groups (broad SMARTS) is 1. The van der Waals surface area contributed by atoms with E-state index in [2.05, 4.69) is 36.9 Å². The van der Waals surface area contributed by atoms with Gasteiger partial charge in [0.05, 0.1) is 32.3 Å². The first-order valence-electron chi connectivity index (χ1n) is 13.8. The lowest BCUT2D eigenvalue weighted by molar-refractivity contribution is -0.142. The number of guanidine groups is 1. The van der Waals surface area contributed by atoms with Gasteiger partial charge in [0, 0.05) is 6.54 Å². The Morgan fingerprint density at radius 3 is 1.61 bits per heavy atom. The third kappa shape index (κ3) is 18.1. The van der Waals surface area contributed by atoms with E-state index in [1.807, 2.05) is 0 Å². The first-order valence-corrected chi connectivity index (χ1v) is 13.8. The van der Waals surface area contributed by atoms with Gasteiger partial charge in [0.15, 0.2) is 5.96 Å². The number of aliphatic carboxylic acids is 1. The van der Waals surface area contributed by atoms with Gasteiger partial charge in [0.2, 0.25) is 35.4 Å². The van der Waals surface area contributed by atoms with E-state index in [1.165, 1.54) is 6.92 Å². The fourth-order valence-electron chi connectivity index (χ4n) is 3.36. The Morgan fingerprint density at radius 1 is 0.705 bits per heavy atom. The molecule has 0 saturated heterocycles. The van der Waals surface area contributed by atoms with Gasteiger partial charge in [-0.15, -0.1) is 0 Å². The number of nitrogens with one attached hydrogen (secondary N) is 6. The van der Waals surface area contributed by atoms with Crippen LogP contribution in [-0.4, -0.2) is 121 Å². The van der Waals surface area contributed by atoms with E-state index in [1.54, 1.807) is 0 Å². The molecule has 0 aromatic rings. The summed E-state index contributed by atoms with van der Waals surface area (Å²) in [7, 11) is 0. The van der Waals surface area contributed by atoms with Gasteiger partial charge in [-0.05, 0) is 45.6 Å². The summed E-state index contributed by atoms with van der Waals surface area (Å²) in [5.74, 6) is -6.15. The largest absolute Gasteiger partial charge is 0.480 e. The van der Waals surface area contributed by atoms with E-state index < -0.39 is 91.8 Å². The Bertz CT molecular complexity index is 1020. The van der Waals surface area contributed by atoms with Gasteiger partial charge in [-0.1, -0.05) is 0 Å². The molecule has 0 radical (unpaired) electrons. The van der Waals surface area contributed by atoms with Gasteiger partial charge in [0.25, 0.3) is 0 Å². The Hall–Kier alpha value is -4.56. The molecular weight excluding hydrogens is 586 g/mol. The summed E-state index contributed by atoms with van der Waals surface area (Å²) in [6.07, 6.45) is 1.48. The topological polar surface area (TPSA) is 349 Å². The van der Waals surface area contributed by atoms with Crippen LogP contribution in [0.1, 0.15) is 39.0 Å². The number of nitrogens with zero attached hydrogens (tertiary/aromatic N) is 1. The molecule has 20 heteroatoms. The second-order valence-corrected chi connectivity index (χ2v) is 9.56. The molecule has 4 atom stereocenters. The minimum absolute atomic E-state index is 0.0523.